The van der Waals surface area contributed by atoms with Crippen molar-refractivity contribution >= 4 is 52.7 Å². The Kier molecular flexibility index (Phi) is 10.7. The first kappa shape index (κ1) is 34.0. The number of aromatic nitrogens is 3. The van der Waals surface area contributed by atoms with Crippen molar-refractivity contribution in [3.05, 3.63) is 59.1 Å². The third-order valence-electron chi connectivity index (χ3n) is 6.81. The van der Waals surface area contributed by atoms with Gasteiger partial charge in [0.15, 0.2) is 6.61 Å². The summed E-state index contributed by atoms with van der Waals surface area (Å²) < 4.78 is 43.4. The minimum Gasteiger partial charge on any atom is -0.480 e. The molecule has 1 aliphatic carbocycles. The van der Waals surface area contributed by atoms with Gasteiger partial charge in [-0.05, 0) is 67.6 Å². The normalized spacial score (nSPS) is 14.0. The van der Waals surface area contributed by atoms with Gasteiger partial charge in [0, 0.05) is 37.0 Å². The summed E-state index contributed by atoms with van der Waals surface area (Å²) >= 11 is 6.01. The molecule has 4 rings (SSSR count). The quantitative estimate of drug-likeness (QED) is 0.124. The van der Waals surface area contributed by atoms with E-state index in [4.69, 9.17) is 16.3 Å². The number of hydrogen-bond donors (Lipinski definition) is 5. The smallest absolute Gasteiger partial charge is 0.422 e. The molecule has 0 bridgehead atoms. The fraction of sp³-hybridized carbons (Fsp3) is 0.379. The van der Waals surface area contributed by atoms with Crippen molar-refractivity contribution in [2.45, 2.75) is 43.4 Å². The number of ether oxygens (including phenoxy) is 1. The topological polar surface area (TPSA) is 171 Å². The van der Waals surface area contributed by atoms with Crippen molar-refractivity contribution < 1.29 is 37.4 Å². The number of carboxylic acids is 1. The van der Waals surface area contributed by atoms with Crippen molar-refractivity contribution in [2.24, 2.45) is 0 Å². The van der Waals surface area contributed by atoms with E-state index in [2.05, 4.69) is 36.2 Å². The second kappa shape index (κ2) is 14.5. The average Bonchev–Trinajstić information content (AvgIpc) is 3.78. The van der Waals surface area contributed by atoms with Crippen molar-refractivity contribution in [1.29, 1.82) is 0 Å². The van der Waals surface area contributed by atoms with E-state index >= 15 is 0 Å². The summed E-state index contributed by atoms with van der Waals surface area (Å²) in [4.78, 5) is 48.6. The number of halogens is 4. The van der Waals surface area contributed by atoms with Crippen LogP contribution in [-0.2, 0) is 19.9 Å². The molecule has 1 aromatic heterocycles. The van der Waals surface area contributed by atoms with Crippen LogP contribution in [0.3, 0.4) is 0 Å². The first-order valence-electron chi connectivity index (χ1n) is 14.1. The molecule has 17 heteroatoms. The number of nitrogens with zero attached hydrogens (tertiary/aromatic N) is 4. The Balaban J connectivity index is 1.41. The lowest BCUT2D eigenvalue weighted by Crippen LogP contribution is -2.40. The highest BCUT2D eigenvalue weighted by Crippen LogP contribution is 2.48. The van der Waals surface area contributed by atoms with Gasteiger partial charge in [0.2, 0.25) is 11.9 Å². The molecule has 13 nitrogen and oxygen atoms in total. The summed E-state index contributed by atoms with van der Waals surface area (Å²) in [5.41, 5.74) is 1.31. The highest BCUT2D eigenvalue weighted by atomic mass is 35.5. The molecule has 1 fully saturated rings. The number of carbonyl (C=O) groups is 3. The largest absolute Gasteiger partial charge is 0.480 e. The maximum atomic E-state index is 12.9. The number of nitrogens with one attached hydrogen (secondary N) is 4. The molecule has 1 saturated carbocycles. The number of likely N-dealkylation sites (N-methyl/N-ethyl adjacent to an activating group) is 1. The monoisotopic (exact) mass is 664 g/mol. The van der Waals surface area contributed by atoms with Crippen LogP contribution in [0.1, 0.15) is 31.2 Å². The van der Waals surface area contributed by atoms with Gasteiger partial charge >= 0.3 is 30.0 Å². The summed E-state index contributed by atoms with van der Waals surface area (Å²) in [6.07, 6.45) is -2.68. The maximum Gasteiger partial charge on any atom is 0.422 e. The van der Waals surface area contributed by atoms with E-state index < -0.39 is 48.2 Å². The Hall–Kier alpha value is -4.86. The lowest BCUT2D eigenvalue weighted by atomic mass is 10.1. The highest BCUT2D eigenvalue weighted by molar-refractivity contribution is 6.34. The molecule has 1 unspecified atom stereocenters. The average molecular weight is 665 g/mol. The molecule has 0 aliphatic heterocycles. The summed E-state index contributed by atoms with van der Waals surface area (Å²) in [6.45, 7) is -1.48. The fourth-order valence-corrected chi connectivity index (χ4v) is 4.42. The molecule has 2 amide bonds. The van der Waals surface area contributed by atoms with Crippen molar-refractivity contribution in [1.82, 2.24) is 25.2 Å². The summed E-state index contributed by atoms with van der Waals surface area (Å²) in [6, 6.07) is 12.0. The summed E-state index contributed by atoms with van der Waals surface area (Å²) in [5, 5.41) is 21.6. The van der Waals surface area contributed by atoms with Crippen LogP contribution in [0.4, 0.5) is 36.4 Å². The van der Waals surface area contributed by atoms with Crippen molar-refractivity contribution in [3.8, 4) is 6.01 Å². The second-order valence-electron chi connectivity index (χ2n) is 10.7. The van der Waals surface area contributed by atoms with E-state index in [1.807, 2.05) is 12.1 Å². The number of anilines is 4. The number of hydrogen-bond acceptors (Lipinski definition) is 10. The number of benzene rings is 2. The van der Waals surface area contributed by atoms with Gasteiger partial charge in [0.25, 0.3) is 0 Å². The van der Waals surface area contributed by atoms with Crippen LogP contribution in [0.2, 0.25) is 5.02 Å². The standard InChI is InChI=1S/C29H32ClF3N8O5/c1-41(2)23(43)22(42)34-15-3-4-21(24(44)45)35-19-9-11-20(12-10-19)36-25-37-26(39-27(38-25)46-16-29(31,32)33)40-28(13-14-28)17-5-7-18(30)8-6-17/h5-12,21,35H,3-4,13-16H2,1-2H3,(H,34,42)(H,44,45)(H2,36,37,38,39,40). The van der Waals surface area contributed by atoms with Crippen LogP contribution in [0.5, 0.6) is 6.01 Å². The molecule has 0 saturated heterocycles. The van der Waals surface area contributed by atoms with Gasteiger partial charge in [0.1, 0.15) is 6.04 Å². The first-order chi connectivity index (χ1) is 21.7. The predicted octanol–water partition coefficient (Wildman–Crippen LogP) is 4.16. The van der Waals surface area contributed by atoms with Crippen LogP contribution in [0.25, 0.3) is 0 Å². The molecule has 5 N–H and O–H groups in total. The van der Waals surface area contributed by atoms with Gasteiger partial charge in [-0.25, -0.2) is 4.79 Å². The Morgan fingerprint density at radius 1 is 1.00 bits per heavy atom. The molecule has 0 radical (unpaired) electrons. The van der Waals surface area contributed by atoms with E-state index in [1.54, 1.807) is 36.4 Å². The molecule has 46 heavy (non-hydrogen) atoms. The third-order valence-corrected chi connectivity index (χ3v) is 7.07. The second-order valence-corrected chi connectivity index (χ2v) is 11.2. The van der Waals surface area contributed by atoms with Crippen LogP contribution in [-0.4, -0.2) is 82.2 Å². The minimum absolute atomic E-state index is 0.00646. The van der Waals surface area contributed by atoms with Crippen LogP contribution >= 0.6 is 11.6 Å². The molecule has 1 heterocycles. The molecule has 246 valence electrons. The third kappa shape index (κ3) is 9.82. The molecule has 0 spiro atoms. The molecule has 3 aromatic rings. The number of alkyl halides is 3. The first-order valence-corrected chi connectivity index (χ1v) is 14.5. The maximum absolute atomic E-state index is 12.9. The van der Waals surface area contributed by atoms with E-state index in [-0.39, 0.29) is 24.9 Å². The van der Waals surface area contributed by atoms with E-state index in [0.29, 0.717) is 22.8 Å². The highest BCUT2D eigenvalue weighted by Gasteiger charge is 2.45. The molecular weight excluding hydrogens is 633 g/mol. The SMILES string of the molecule is CN(C)C(=O)C(=O)NCCCC(Nc1ccc(Nc2nc(NC3(c4ccc(Cl)cc4)CC3)nc(OCC(F)(F)F)n2)cc1)C(=O)O. The van der Waals surface area contributed by atoms with Crippen molar-refractivity contribution in [2.75, 3.05) is 43.2 Å². The van der Waals surface area contributed by atoms with Crippen LogP contribution < -0.4 is 26.0 Å². The van der Waals surface area contributed by atoms with E-state index in [0.717, 1.165) is 23.3 Å². The molecule has 2 aromatic carbocycles. The van der Waals surface area contributed by atoms with Crippen molar-refractivity contribution in [3.63, 3.8) is 0 Å². The number of aliphatic carboxylic acids is 1. The Morgan fingerprint density at radius 3 is 2.22 bits per heavy atom. The Labute approximate surface area is 266 Å². The molecular formula is C29H32ClF3N8O5. The number of rotatable bonds is 14. The van der Waals surface area contributed by atoms with Gasteiger partial charge in [-0.1, -0.05) is 23.7 Å². The lowest BCUT2D eigenvalue weighted by molar-refractivity contribution is -0.154. The van der Waals surface area contributed by atoms with Gasteiger partial charge < -0.3 is 36.0 Å². The lowest BCUT2D eigenvalue weighted by Gasteiger charge is -2.19. The van der Waals surface area contributed by atoms with Crippen LogP contribution in [0, 0.1) is 0 Å². The Bertz CT molecular complexity index is 1540. The zero-order valence-corrected chi connectivity index (χ0v) is 25.6. The Morgan fingerprint density at radius 2 is 1.63 bits per heavy atom. The van der Waals surface area contributed by atoms with Gasteiger partial charge in [-0.3, -0.25) is 9.59 Å². The minimum atomic E-state index is -4.61. The van der Waals surface area contributed by atoms with E-state index in [1.165, 1.54) is 14.1 Å². The summed E-state index contributed by atoms with van der Waals surface area (Å²) in [7, 11) is 2.90. The van der Waals surface area contributed by atoms with Gasteiger partial charge in [-0.2, -0.15) is 28.1 Å². The zero-order chi connectivity index (χ0) is 33.5. The van der Waals surface area contributed by atoms with Crippen LogP contribution in [0.15, 0.2) is 48.5 Å². The zero-order valence-electron chi connectivity index (χ0n) is 24.8. The van der Waals surface area contributed by atoms with Gasteiger partial charge in [-0.15, -0.1) is 0 Å². The van der Waals surface area contributed by atoms with Gasteiger partial charge in [0.05, 0.1) is 5.54 Å². The van der Waals surface area contributed by atoms with E-state index in [9.17, 15) is 32.7 Å². The molecule has 1 atom stereocenters. The number of amides is 2. The molecule has 1 aliphatic rings. The number of carboxylic acid groups (broad SMARTS) is 1. The number of carbonyl (C=O) groups excluding carboxylic acids is 2. The fourth-order valence-electron chi connectivity index (χ4n) is 4.30. The summed E-state index contributed by atoms with van der Waals surface area (Å²) in [5.74, 6) is -2.67. The predicted molar refractivity (Wildman–Crippen MR) is 163 cm³/mol.